The van der Waals surface area contributed by atoms with Crippen molar-refractivity contribution in [3.05, 3.63) is 59.8 Å². The minimum atomic E-state index is -1.43. The fourth-order valence-electron chi connectivity index (χ4n) is 7.59. The van der Waals surface area contributed by atoms with Gasteiger partial charge in [-0.25, -0.2) is 9.59 Å². The van der Waals surface area contributed by atoms with E-state index in [4.69, 9.17) is 4.74 Å². The van der Waals surface area contributed by atoms with Crippen molar-refractivity contribution in [1.82, 2.24) is 35.2 Å². The summed E-state index contributed by atoms with van der Waals surface area (Å²) in [4.78, 5) is 108. The van der Waals surface area contributed by atoms with Crippen LogP contribution in [-0.4, -0.2) is 129 Å². The lowest BCUT2D eigenvalue weighted by atomic mass is 9.76. The number of hydrogen-bond donors (Lipinski definition) is 4. The molecule has 7 amide bonds. The molecule has 0 unspecified atom stereocenters. The maximum absolute atomic E-state index is 14.9. The zero-order chi connectivity index (χ0) is 47.9. The monoisotopic (exact) mass is 877 g/mol. The largest absolute Gasteiger partial charge is 0.480 e. The van der Waals surface area contributed by atoms with Crippen molar-refractivity contribution in [2.24, 2.45) is 18.4 Å². The molecule has 346 valence electrons. The van der Waals surface area contributed by atoms with Crippen LogP contribution in [0, 0.1) is 11.3 Å². The van der Waals surface area contributed by atoms with E-state index in [9.17, 15) is 43.5 Å². The van der Waals surface area contributed by atoms with Crippen LogP contribution in [0.3, 0.4) is 0 Å². The zero-order valence-corrected chi connectivity index (χ0v) is 39.2. The number of para-hydroxylation sites is 1. The molecule has 0 saturated heterocycles. The van der Waals surface area contributed by atoms with Gasteiger partial charge in [0.25, 0.3) is 11.8 Å². The number of carbonyl (C=O) groups is 8. The number of carboxylic acids is 1. The van der Waals surface area contributed by atoms with Gasteiger partial charge < -0.3 is 35.3 Å². The Morgan fingerprint density at radius 3 is 2.02 bits per heavy atom. The molecular formula is C46H67N7O10. The van der Waals surface area contributed by atoms with Crippen LogP contribution in [0.4, 0.5) is 4.79 Å². The number of carboxylic acid groups (broad SMARTS) is 1. The first-order valence-electron chi connectivity index (χ1n) is 21.1. The molecule has 0 saturated carbocycles. The van der Waals surface area contributed by atoms with E-state index in [0.29, 0.717) is 0 Å². The first-order valence-corrected chi connectivity index (χ1v) is 21.1. The summed E-state index contributed by atoms with van der Waals surface area (Å²) in [7, 11) is 4.98. The van der Waals surface area contributed by atoms with Gasteiger partial charge in [-0.15, -0.1) is 0 Å². The lowest BCUT2D eigenvalue weighted by Crippen LogP contribution is -2.63. The number of fused-ring (bicyclic) bond motifs is 1. The molecule has 4 N–H and O–H groups in total. The number of ether oxygens (including phenoxy) is 1. The molecule has 0 radical (unpaired) electrons. The second-order valence-corrected chi connectivity index (χ2v) is 19.1. The average molecular weight is 878 g/mol. The zero-order valence-electron chi connectivity index (χ0n) is 39.2. The van der Waals surface area contributed by atoms with Crippen molar-refractivity contribution in [1.29, 1.82) is 0 Å². The highest BCUT2D eigenvalue weighted by Gasteiger charge is 2.47. The number of aryl methyl sites for hydroxylation is 1. The Bertz CT molecular complexity index is 2120. The van der Waals surface area contributed by atoms with Crippen LogP contribution >= 0.6 is 0 Å². The second kappa shape index (κ2) is 20.5. The first-order chi connectivity index (χ1) is 29.0. The Hall–Kier alpha value is -6.00. The lowest BCUT2D eigenvalue weighted by molar-refractivity contribution is -0.142. The number of carbonyl (C=O) groups excluding carboxylic acids is 7. The topological polar surface area (TPSA) is 217 Å². The van der Waals surface area contributed by atoms with Crippen molar-refractivity contribution in [2.45, 2.75) is 124 Å². The lowest BCUT2D eigenvalue weighted by Gasteiger charge is -2.42. The molecule has 17 heteroatoms. The molecule has 0 bridgehead atoms. The fourth-order valence-corrected chi connectivity index (χ4v) is 7.59. The summed E-state index contributed by atoms with van der Waals surface area (Å²) >= 11 is 0. The van der Waals surface area contributed by atoms with Crippen LogP contribution in [0.5, 0.6) is 0 Å². The molecule has 0 aliphatic carbocycles. The Labute approximate surface area is 370 Å². The SMILES string of the molecule is C/C(=C\[C@H](C(C)C)N(C)C(=O)[C@@H](NC(=O)[C@@H](N(C)C(=O)OC(C)(C)C)C(C)(C)c1cn(C)c2ccccc12)C(C)(C)C)C(=O)N[C@H](CCC(=O)NCCN1C(=O)C=CC1=O)C(=O)O. The van der Waals surface area contributed by atoms with Gasteiger partial charge in [-0.2, -0.15) is 0 Å². The summed E-state index contributed by atoms with van der Waals surface area (Å²) in [6, 6.07) is 3.35. The summed E-state index contributed by atoms with van der Waals surface area (Å²) in [6.45, 7) is 19.5. The molecule has 17 nitrogen and oxygen atoms in total. The van der Waals surface area contributed by atoms with Gasteiger partial charge >= 0.3 is 12.1 Å². The van der Waals surface area contributed by atoms with Crippen LogP contribution < -0.4 is 16.0 Å². The number of nitrogens with one attached hydrogen (secondary N) is 3. The van der Waals surface area contributed by atoms with E-state index in [1.807, 2.05) is 90.5 Å². The molecule has 1 aromatic carbocycles. The number of amides is 7. The third-order valence-corrected chi connectivity index (χ3v) is 11.1. The Morgan fingerprint density at radius 1 is 0.889 bits per heavy atom. The minimum Gasteiger partial charge on any atom is -0.480 e. The van der Waals surface area contributed by atoms with Gasteiger partial charge in [0.05, 0.1) is 6.04 Å². The molecule has 63 heavy (non-hydrogen) atoms. The van der Waals surface area contributed by atoms with Crippen LogP contribution in [0.25, 0.3) is 10.9 Å². The summed E-state index contributed by atoms with van der Waals surface area (Å²) in [5, 5.41) is 18.8. The molecule has 1 aliphatic heterocycles. The Morgan fingerprint density at radius 2 is 1.48 bits per heavy atom. The highest BCUT2D eigenvalue weighted by molar-refractivity contribution is 6.12. The number of hydrogen-bond acceptors (Lipinski definition) is 9. The predicted octanol–water partition coefficient (Wildman–Crippen LogP) is 4.04. The van der Waals surface area contributed by atoms with Crippen molar-refractivity contribution >= 4 is 58.4 Å². The number of likely N-dealkylation sites (N-methyl/N-ethyl adjacent to an activating group) is 2. The molecule has 2 heterocycles. The van der Waals surface area contributed by atoms with Crippen LogP contribution in [-0.2, 0) is 50.8 Å². The van der Waals surface area contributed by atoms with Gasteiger partial charge in [-0.05, 0) is 57.1 Å². The summed E-state index contributed by atoms with van der Waals surface area (Å²) in [6.07, 6.45) is 4.52. The maximum Gasteiger partial charge on any atom is 0.410 e. The van der Waals surface area contributed by atoms with Crippen molar-refractivity contribution in [2.75, 3.05) is 27.2 Å². The van der Waals surface area contributed by atoms with E-state index in [0.717, 1.165) is 33.5 Å². The van der Waals surface area contributed by atoms with Gasteiger partial charge in [0.2, 0.25) is 23.6 Å². The Balaban J connectivity index is 1.86. The van der Waals surface area contributed by atoms with Crippen molar-refractivity contribution < 1.29 is 48.2 Å². The van der Waals surface area contributed by atoms with Gasteiger partial charge in [0, 0.05) is 80.9 Å². The minimum absolute atomic E-state index is 0.0284. The standard InChI is InChI=1S/C46H67N7O10/c1-27(2)33(25-28(3)39(57)48-31(42(60)61)19-20-34(54)47-23-24-53-35(55)21-22-36(53)56)51(13)41(59)37(44(4,5)6)49-40(58)38(52(14)43(62)63-45(7,8)9)46(10,11)30-26-50(12)32-18-16-15-17-29(30)32/h15-18,21-22,25-27,31,33,37-38H,19-20,23-24H2,1-14H3,(H,47,54)(H,48,57)(H,49,58)(H,60,61)/b28-25+/t31-,33-,37-,38-/m1/s1. The fraction of sp³-hybridized carbons (Fsp3) is 0.565. The highest BCUT2D eigenvalue weighted by atomic mass is 16.6. The van der Waals surface area contributed by atoms with Crippen molar-refractivity contribution in [3.8, 4) is 0 Å². The van der Waals surface area contributed by atoms with E-state index in [2.05, 4.69) is 16.0 Å². The summed E-state index contributed by atoms with van der Waals surface area (Å²) < 4.78 is 7.70. The molecular weight excluding hydrogens is 811 g/mol. The number of aliphatic carboxylic acids is 1. The van der Waals surface area contributed by atoms with Gasteiger partial charge in [0.15, 0.2) is 0 Å². The van der Waals surface area contributed by atoms with Crippen LogP contribution in [0.1, 0.15) is 94.6 Å². The van der Waals surface area contributed by atoms with Crippen LogP contribution in [0.2, 0.25) is 0 Å². The number of imide groups is 1. The average Bonchev–Trinajstić information content (AvgIpc) is 3.69. The molecule has 2 aromatic rings. The van der Waals surface area contributed by atoms with Gasteiger partial charge in [-0.3, -0.25) is 38.6 Å². The normalized spacial score (nSPS) is 15.5. The number of rotatable bonds is 18. The van der Waals surface area contributed by atoms with E-state index in [-0.39, 0.29) is 37.4 Å². The molecule has 1 aliphatic rings. The molecule has 0 fully saturated rings. The highest BCUT2D eigenvalue weighted by Crippen LogP contribution is 2.37. The smallest absolute Gasteiger partial charge is 0.410 e. The third-order valence-electron chi connectivity index (χ3n) is 11.1. The van der Waals surface area contributed by atoms with Gasteiger partial charge in [-0.1, -0.05) is 72.7 Å². The number of benzene rings is 1. The van der Waals surface area contributed by atoms with E-state index >= 15 is 0 Å². The van der Waals surface area contributed by atoms with E-state index < -0.39 is 88.1 Å². The Kier molecular flexibility index (Phi) is 16.7. The van der Waals surface area contributed by atoms with E-state index in [1.165, 1.54) is 23.8 Å². The molecule has 3 rings (SSSR count). The maximum atomic E-state index is 14.9. The first kappa shape index (κ1) is 51.4. The predicted molar refractivity (Wildman–Crippen MR) is 238 cm³/mol. The molecule has 1 aromatic heterocycles. The van der Waals surface area contributed by atoms with Crippen LogP contribution in [0.15, 0.2) is 54.3 Å². The van der Waals surface area contributed by atoms with Crippen molar-refractivity contribution in [3.63, 3.8) is 0 Å². The number of aromatic nitrogens is 1. The van der Waals surface area contributed by atoms with E-state index in [1.54, 1.807) is 33.9 Å². The third kappa shape index (κ3) is 13.0. The number of nitrogens with zero attached hydrogens (tertiary/aromatic N) is 4. The quantitative estimate of drug-likeness (QED) is 0.125. The summed E-state index contributed by atoms with van der Waals surface area (Å²) in [5.74, 6) is -4.91. The van der Waals surface area contributed by atoms with Gasteiger partial charge in [0.1, 0.15) is 23.7 Å². The second-order valence-electron chi connectivity index (χ2n) is 19.1. The summed E-state index contributed by atoms with van der Waals surface area (Å²) in [5.41, 5.74) is -0.870. The molecule has 0 spiro atoms. The molecule has 4 atom stereocenters.